The fourth-order valence-electron chi connectivity index (χ4n) is 3.24. The second-order valence-corrected chi connectivity index (χ2v) is 5.65. The third kappa shape index (κ3) is 2.86. The zero-order valence-electron chi connectivity index (χ0n) is 11.8. The zero-order valence-corrected chi connectivity index (χ0v) is 11.8. The van der Waals surface area contributed by atoms with Gasteiger partial charge in [-0.05, 0) is 37.4 Å². The Kier molecular flexibility index (Phi) is 4.03. The molecule has 0 aromatic heterocycles. The predicted molar refractivity (Wildman–Crippen MR) is 77.2 cm³/mol. The van der Waals surface area contributed by atoms with E-state index >= 15 is 0 Å². The normalized spacial score (nSPS) is 28.8. The van der Waals surface area contributed by atoms with Crippen molar-refractivity contribution in [3.63, 3.8) is 0 Å². The number of fused-ring (bicyclic) bond motifs is 1. The summed E-state index contributed by atoms with van der Waals surface area (Å²) in [5.74, 6) is 1.35. The van der Waals surface area contributed by atoms with Gasteiger partial charge in [-0.2, -0.15) is 0 Å². The largest absolute Gasteiger partial charge is 0.466 e. The van der Waals surface area contributed by atoms with E-state index in [0.29, 0.717) is 19.1 Å². The smallest absolute Gasteiger partial charge is 0.307 e. The Morgan fingerprint density at radius 3 is 2.70 bits per heavy atom. The first-order chi connectivity index (χ1) is 9.79. The van der Waals surface area contributed by atoms with Gasteiger partial charge in [0.15, 0.2) is 0 Å². The molecular formula is C16H22N2O2. The Balaban J connectivity index is 1.65. The van der Waals surface area contributed by atoms with Crippen molar-refractivity contribution in [2.45, 2.75) is 25.4 Å². The monoisotopic (exact) mass is 274 g/mol. The maximum absolute atomic E-state index is 11.8. The van der Waals surface area contributed by atoms with Crippen molar-refractivity contribution in [3.8, 4) is 0 Å². The lowest BCUT2D eigenvalue weighted by Crippen LogP contribution is -2.32. The molecule has 2 unspecified atom stereocenters. The lowest BCUT2D eigenvalue weighted by Gasteiger charge is -2.20. The summed E-state index contributed by atoms with van der Waals surface area (Å²) in [6, 6.07) is 10.8. The molecule has 4 nitrogen and oxygen atoms in total. The van der Waals surface area contributed by atoms with E-state index in [4.69, 9.17) is 4.74 Å². The van der Waals surface area contributed by atoms with Crippen molar-refractivity contribution >= 4 is 5.97 Å². The van der Waals surface area contributed by atoms with Crippen LogP contribution in [0.1, 0.15) is 24.9 Å². The molecule has 4 heteroatoms. The molecule has 0 bridgehead atoms. The van der Waals surface area contributed by atoms with Crippen molar-refractivity contribution in [2.24, 2.45) is 11.8 Å². The van der Waals surface area contributed by atoms with Crippen molar-refractivity contribution in [1.29, 1.82) is 0 Å². The van der Waals surface area contributed by atoms with Crippen LogP contribution in [0.2, 0.25) is 0 Å². The number of carbonyl (C=O) groups excluding carboxylic acids is 1. The molecule has 20 heavy (non-hydrogen) atoms. The molecular weight excluding hydrogens is 252 g/mol. The van der Waals surface area contributed by atoms with Crippen LogP contribution >= 0.6 is 0 Å². The molecule has 1 heterocycles. The molecule has 4 atom stereocenters. The average Bonchev–Trinajstić information content (AvgIpc) is 2.89. The van der Waals surface area contributed by atoms with Crippen LogP contribution in [0.5, 0.6) is 0 Å². The first-order valence-electron chi connectivity index (χ1n) is 7.47. The Labute approximate surface area is 119 Å². The van der Waals surface area contributed by atoms with Crippen molar-refractivity contribution in [3.05, 3.63) is 35.9 Å². The second-order valence-electron chi connectivity index (χ2n) is 5.65. The standard InChI is InChI=1S/C16H22N2O2/c1-2-20-15(19)8-14(11-6-4-3-5-7-11)18-16-12-9-17-10-13(12)16/h3-7,12-14,16-18H,2,8-10H2,1H3/t12-,13+,14?,16?. The predicted octanol–water partition coefficient (Wildman–Crippen LogP) is 1.49. The number of rotatable bonds is 6. The first-order valence-corrected chi connectivity index (χ1v) is 7.47. The van der Waals surface area contributed by atoms with Crippen molar-refractivity contribution in [2.75, 3.05) is 19.7 Å². The number of esters is 1. The van der Waals surface area contributed by atoms with Gasteiger partial charge in [0.1, 0.15) is 0 Å². The zero-order chi connectivity index (χ0) is 13.9. The third-order valence-corrected chi connectivity index (χ3v) is 4.36. The molecule has 1 aliphatic heterocycles. The summed E-state index contributed by atoms with van der Waals surface area (Å²) in [6.07, 6.45) is 0.404. The van der Waals surface area contributed by atoms with Crippen LogP contribution in [0.25, 0.3) is 0 Å². The Hall–Kier alpha value is -1.39. The second kappa shape index (κ2) is 5.94. The molecule has 0 amide bonds. The number of hydrogen-bond donors (Lipinski definition) is 2. The van der Waals surface area contributed by atoms with E-state index in [0.717, 1.165) is 24.9 Å². The van der Waals surface area contributed by atoms with Gasteiger partial charge in [0, 0.05) is 12.1 Å². The van der Waals surface area contributed by atoms with E-state index in [1.54, 1.807) is 0 Å². The molecule has 108 valence electrons. The highest BCUT2D eigenvalue weighted by Gasteiger charge is 2.53. The number of ether oxygens (including phenoxy) is 1. The highest BCUT2D eigenvalue weighted by atomic mass is 16.5. The van der Waals surface area contributed by atoms with Crippen LogP contribution in [0.3, 0.4) is 0 Å². The molecule has 2 fully saturated rings. The summed E-state index contributed by atoms with van der Waals surface area (Å²) in [5.41, 5.74) is 1.17. The molecule has 0 spiro atoms. The Morgan fingerprint density at radius 2 is 2.05 bits per heavy atom. The Morgan fingerprint density at radius 1 is 1.35 bits per heavy atom. The van der Waals surface area contributed by atoms with Gasteiger partial charge in [0.05, 0.1) is 13.0 Å². The van der Waals surface area contributed by atoms with E-state index in [9.17, 15) is 4.79 Å². The minimum atomic E-state index is -0.127. The molecule has 3 rings (SSSR count). The van der Waals surface area contributed by atoms with Crippen LogP contribution in [0.4, 0.5) is 0 Å². The highest BCUT2D eigenvalue weighted by molar-refractivity contribution is 5.70. The summed E-state index contributed by atoms with van der Waals surface area (Å²) in [6.45, 7) is 4.49. The summed E-state index contributed by atoms with van der Waals surface area (Å²) in [4.78, 5) is 11.8. The van der Waals surface area contributed by atoms with Gasteiger partial charge in [-0.3, -0.25) is 4.79 Å². The van der Waals surface area contributed by atoms with Gasteiger partial charge >= 0.3 is 5.97 Å². The van der Waals surface area contributed by atoms with E-state index in [1.807, 2.05) is 25.1 Å². The molecule has 1 saturated carbocycles. The summed E-state index contributed by atoms with van der Waals surface area (Å²) in [7, 11) is 0. The van der Waals surface area contributed by atoms with Crippen molar-refractivity contribution < 1.29 is 9.53 Å². The number of benzene rings is 1. The van der Waals surface area contributed by atoms with Gasteiger partial charge in [-0.25, -0.2) is 0 Å². The van der Waals surface area contributed by atoms with Crippen LogP contribution in [-0.4, -0.2) is 31.7 Å². The molecule has 2 N–H and O–H groups in total. The summed E-state index contributed by atoms with van der Waals surface area (Å²) < 4.78 is 5.10. The van der Waals surface area contributed by atoms with E-state index < -0.39 is 0 Å². The van der Waals surface area contributed by atoms with Gasteiger partial charge in [0.2, 0.25) is 0 Å². The number of nitrogens with one attached hydrogen (secondary N) is 2. The minimum absolute atomic E-state index is 0.0610. The van der Waals surface area contributed by atoms with Gasteiger partial charge in [0.25, 0.3) is 0 Å². The van der Waals surface area contributed by atoms with Crippen LogP contribution < -0.4 is 10.6 Å². The molecule has 1 saturated heterocycles. The lowest BCUT2D eigenvalue weighted by molar-refractivity contribution is -0.143. The van der Waals surface area contributed by atoms with E-state index in [1.165, 1.54) is 5.56 Å². The first kappa shape index (κ1) is 13.6. The molecule has 1 aromatic carbocycles. The maximum Gasteiger partial charge on any atom is 0.307 e. The van der Waals surface area contributed by atoms with Crippen LogP contribution in [0.15, 0.2) is 30.3 Å². The van der Waals surface area contributed by atoms with Gasteiger partial charge in [-0.1, -0.05) is 30.3 Å². The maximum atomic E-state index is 11.8. The number of piperidine rings is 1. The fourth-order valence-corrected chi connectivity index (χ4v) is 3.24. The average molecular weight is 274 g/mol. The molecule has 1 aromatic rings. The van der Waals surface area contributed by atoms with Gasteiger partial charge < -0.3 is 15.4 Å². The minimum Gasteiger partial charge on any atom is -0.466 e. The Bertz CT molecular complexity index is 453. The van der Waals surface area contributed by atoms with Crippen LogP contribution in [0, 0.1) is 11.8 Å². The van der Waals surface area contributed by atoms with E-state index in [2.05, 4.69) is 22.8 Å². The highest BCUT2D eigenvalue weighted by Crippen LogP contribution is 2.43. The topological polar surface area (TPSA) is 50.4 Å². The SMILES string of the molecule is CCOC(=O)CC(NC1[C@H]2CNC[C@@H]12)c1ccccc1. The number of carbonyl (C=O) groups is 1. The lowest BCUT2D eigenvalue weighted by atomic mass is 10.0. The third-order valence-electron chi connectivity index (χ3n) is 4.36. The van der Waals surface area contributed by atoms with Crippen molar-refractivity contribution in [1.82, 2.24) is 10.6 Å². The van der Waals surface area contributed by atoms with E-state index in [-0.39, 0.29) is 12.0 Å². The van der Waals surface area contributed by atoms with Gasteiger partial charge in [-0.15, -0.1) is 0 Å². The molecule has 1 aliphatic carbocycles. The summed E-state index contributed by atoms with van der Waals surface area (Å²) >= 11 is 0. The summed E-state index contributed by atoms with van der Waals surface area (Å²) in [5, 5.41) is 7.05. The molecule has 0 radical (unpaired) electrons. The quantitative estimate of drug-likeness (QED) is 0.772. The fraction of sp³-hybridized carbons (Fsp3) is 0.562. The van der Waals surface area contributed by atoms with Crippen LogP contribution in [-0.2, 0) is 9.53 Å². The molecule has 2 aliphatic rings. The number of hydrogen-bond acceptors (Lipinski definition) is 4.